The number of anilines is 1. The Morgan fingerprint density at radius 1 is 1.05 bits per heavy atom. The molecule has 196 valence electrons. The Labute approximate surface area is 222 Å². The van der Waals surface area contributed by atoms with Crippen LogP contribution in [0.4, 0.5) is 5.69 Å². The molecule has 5 rings (SSSR count). The molecule has 1 aliphatic heterocycles. The molecule has 0 unspecified atom stereocenters. The molecule has 0 spiro atoms. The molecule has 8 nitrogen and oxygen atoms in total. The van der Waals surface area contributed by atoms with Crippen molar-refractivity contribution in [2.45, 2.75) is 32.7 Å². The molecule has 1 atom stereocenters. The van der Waals surface area contributed by atoms with Gasteiger partial charge in [-0.15, -0.1) is 0 Å². The van der Waals surface area contributed by atoms with Crippen LogP contribution in [0.3, 0.4) is 0 Å². The number of hydrogen-bond donors (Lipinski definition) is 1. The molecule has 0 bridgehead atoms. The molecule has 2 heterocycles. The summed E-state index contributed by atoms with van der Waals surface area (Å²) in [4.78, 5) is 19.6. The first-order valence-electron chi connectivity index (χ1n) is 12.8. The highest BCUT2D eigenvalue weighted by molar-refractivity contribution is 6.04. The van der Waals surface area contributed by atoms with Crippen LogP contribution in [0.5, 0.6) is 11.5 Å². The van der Waals surface area contributed by atoms with Gasteiger partial charge in [0.05, 0.1) is 7.11 Å². The van der Waals surface area contributed by atoms with Crippen molar-refractivity contribution in [3.63, 3.8) is 0 Å². The molecule has 8 heteroatoms. The van der Waals surface area contributed by atoms with Crippen LogP contribution < -0.4 is 14.8 Å². The highest BCUT2D eigenvalue weighted by atomic mass is 16.5. The number of likely N-dealkylation sites (N-methyl/N-ethyl adjacent to an activating group) is 1. The quantitative estimate of drug-likeness (QED) is 0.321. The first-order chi connectivity index (χ1) is 18.4. The second-order valence-corrected chi connectivity index (χ2v) is 9.65. The van der Waals surface area contributed by atoms with E-state index in [9.17, 15) is 4.79 Å². The summed E-state index contributed by atoms with van der Waals surface area (Å²) in [5.74, 6) is 2.18. The largest absolute Gasteiger partial charge is 0.493 e. The van der Waals surface area contributed by atoms with E-state index in [1.54, 1.807) is 14.0 Å². The number of hydrogen-bond acceptors (Lipinski definition) is 7. The minimum Gasteiger partial charge on any atom is -0.493 e. The number of methoxy groups -OCH3 is 1. The summed E-state index contributed by atoms with van der Waals surface area (Å²) in [5, 5.41) is 6.97. The number of aromatic nitrogens is 2. The van der Waals surface area contributed by atoms with Gasteiger partial charge in [0, 0.05) is 35.8 Å². The van der Waals surface area contributed by atoms with Crippen LogP contribution in [0, 0.1) is 13.8 Å². The minimum atomic E-state index is -0.192. The second kappa shape index (κ2) is 11.1. The number of carbonyl (C=O) groups is 1. The van der Waals surface area contributed by atoms with E-state index in [-0.39, 0.29) is 5.91 Å². The second-order valence-electron chi connectivity index (χ2n) is 9.65. The van der Waals surface area contributed by atoms with Gasteiger partial charge in [0.1, 0.15) is 6.61 Å². The van der Waals surface area contributed by atoms with Gasteiger partial charge in [-0.25, -0.2) is 0 Å². The fraction of sp³-hybridized carbons (Fsp3) is 0.300. The van der Waals surface area contributed by atoms with Crippen molar-refractivity contribution < 1.29 is 18.8 Å². The van der Waals surface area contributed by atoms with Gasteiger partial charge < -0.3 is 24.2 Å². The number of benzene rings is 3. The first kappa shape index (κ1) is 25.5. The molecular formula is C30H32N4O4. The predicted molar refractivity (Wildman–Crippen MR) is 147 cm³/mol. The Balaban J connectivity index is 1.27. The Bertz CT molecular complexity index is 1430. The Hall–Kier alpha value is -4.17. The predicted octanol–water partition coefficient (Wildman–Crippen LogP) is 5.75. The summed E-state index contributed by atoms with van der Waals surface area (Å²) >= 11 is 0. The molecule has 1 aromatic heterocycles. The van der Waals surface area contributed by atoms with E-state index in [1.807, 2.05) is 67.6 Å². The lowest BCUT2D eigenvalue weighted by atomic mass is 9.97. The van der Waals surface area contributed by atoms with Gasteiger partial charge >= 0.3 is 0 Å². The van der Waals surface area contributed by atoms with Gasteiger partial charge in [-0.3, -0.25) is 4.79 Å². The first-order valence-corrected chi connectivity index (χ1v) is 12.8. The third-order valence-electron chi connectivity index (χ3n) is 6.99. The van der Waals surface area contributed by atoms with Crippen LogP contribution >= 0.6 is 0 Å². The number of nitrogens with zero attached hydrogens (tertiary/aromatic N) is 3. The number of nitrogens with one attached hydrogen (secondary N) is 1. The lowest BCUT2D eigenvalue weighted by molar-refractivity contribution is 0.102. The van der Waals surface area contributed by atoms with Crippen LogP contribution in [0.1, 0.15) is 34.7 Å². The molecule has 38 heavy (non-hydrogen) atoms. The number of amides is 1. The SMILES string of the molecule is COc1ccc(NC(=O)c2ccc(-c3ccc(-c4noc(C)n4)cc3C)cc2)cc1OC[C@H]1CCCN1C. The van der Waals surface area contributed by atoms with E-state index in [2.05, 4.69) is 27.4 Å². The van der Waals surface area contributed by atoms with Gasteiger partial charge in [-0.1, -0.05) is 29.4 Å². The Kier molecular flexibility index (Phi) is 7.42. The van der Waals surface area contributed by atoms with Crippen LogP contribution in [-0.4, -0.2) is 54.3 Å². The zero-order valence-electron chi connectivity index (χ0n) is 22.2. The maximum Gasteiger partial charge on any atom is 0.255 e. The van der Waals surface area contributed by atoms with E-state index in [1.165, 1.54) is 6.42 Å². The lowest BCUT2D eigenvalue weighted by Gasteiger charge is -2.21. The average Bonchev–Trinajstić information content (AvgIpc) is 3.55. The maximum atomic E-state index is 13.0. The van der Waals surface area contributed by atoms with E-state index < -0.39 is 0 Å². The van der Waals surface area contributed by atoms with E-state index in [0.29, 0.717) is 47.1 Å². The molecular weight excluding hydrogens is 480 g/mol. The highest BCUT2D eigenvalue weighted by Gasteiger charge is 2.22. The van der Waals surface area contributed by atoms with E-state index in [0.717, 1.165) is 35.2 Å². The summed E-state index contributed by atoms with van der Waals surface area (Å²) in [7, 11) is 3.73. The van der Waals surface area contributed by atoms with Gasteiger partial charge in [0.15, 0.2) is 11.5 Å². The molecule has 1 amide bonds. The number of carbonyl (C=O) groups excluding carboxylic acids is 1. The lowest BCUT2D eigenvalue weighted by Crippen LogP contribution is -2.30. The third-order valence-corrected chi connectivity index (χ3v) is 6.99. The van der Waals surface area contributed by atoms with Crippen LogP contribution in [0.2, 0.25) is 0 Å². The molecule has 0 radical (unpaired) electrons. The smallest absolute Gasteiger partial charge is 0.255 e. The summed E-state index contributed by atoms with van der Waals surface area (Å²) in [6, 6.07) is 19.4. The van der Waals surface area contributed by atoms with Crippen molar-refractivity contribution in [3.05, 3.63) is 77.7 Å². The van der Waals surface area contributed by atoms with Gasteiger partial charge in [-0.05, 0) is 80.4 Å². The maximum absolute atomic E-state index is 13.0. The molecule has 3 aromatic carbocycles. The topological polar surface area (TPSA) is 89.7 Å². The standard InChI is InChI=1S/C30H32N4O4/c1-19-16-23(29-31-20(2)38-33-29)11-13-26(19)21-7-9-22(10-8-21)30(35)32-24-12-14-27(36-4)28(17-24)37-18-25-6-5-15-34(25)3/h7-14,16-17,25H,5-6,15,18H2,1-4H3,(H,32,35)/t25-/m1/s1. The minimum absolute atomic E-state index is 0.192. The molecule has 1 aliphatic rings. The fourth-order valence-corrected chi connectivity index (χ4v) is 4.79. The van der Waals surface area contributed by atoms with Crippen molar-refractivity contribution in [2.24, 2.45) is 0 Å². The molecule has 1 fully saturated rings. The van der Waals surface area contributed by atoms with Crippen molar-refractivity contribution in [1.82, 2.24) is 15.0 Å². The third kappa shape index (κ3) is 5.55. The summed E-state index contributed by atoms with van der Waals surface area (Å²) in [6.07, 6.45) is 2.30. The molecule has 0 saturated carbocycles. The van der Waals surface area contributed by atoms with Crippen LogP contribution in [-0.2, 0) is 0 Å². The van der Waals surface area contributed by atoms with Gasteiger partial charge in [0.25, 0.3) is 5.91 Å². The molecule has 4 aromatic rings. The van der Waals surface area contributed by atoms with Crippen molar-refractivity contribution >= 4 is 11.6 Å². The molecule has 1 saturated heterocycles. The monoisotopic (exact) mass is 512 g/mol. The van der Waals surface area contributed by atoms with Gasteiger partial charge in [-0.2, -0.15) is 4.98 Å². The highest BCUT2D eigenvalue weighted by Crippen LogP contribution is 2.32. The van der Waals surface area contributed by atoms with E-state index in [4.69, 9.17) is 14.0 Å². The summed E-state index contributed by atoms with van der Waals surface area (Å²) in [6.45, 7) is 5.49. The fourth-order valence-electron chi connectivity index (χ4n) is 4.79. The van der Waals surface area contributed by atoms with E-state index >= 15 is 0 Å². The Morgan fingerprint density at radius 3 is 2.50 bits per heavy atom. The van der Waals surface area contributed by atoms with Crippen molar-refractivity contribution in [1.29, 1.82) is 0 Å². The number of ether oxygens (including phenoxy) is 2. The average molecular weight is 513 g/mol. The molecule has 1 N–H and O–H groups in total. The number of rotatable bonds is 8. The number of likely N-dealkylation sites (tertiary alicyclic amines) is 1. The summed E-state index contributed by atoms with van der Waals surface area (Å²) in [5.41, 5.74) is 5.29. The normalized spacial score (nSPS) is 15.4. The number of aryl methyl sites for hydroxylation is 2. The zero-order valence-corrected chi connectivity index (χ0v) is 22.2. The molecule has 0 aliphatic carbocycles. The summed E-state index contributed by atoms with van der Waals surface area (Å²) < 4.78 is 16.7. The van der Waals surface area contributed by atoms with Crippen LogP contribution in [0.25, 0.3) is 22.5 Å². The van der Waals surface area contributed by atoms with Crippen molar-refractivity contribution in [2.75, 3.05) is 32.6 Å². The van der Waals surface area contributed by atoms with Crippen LogP contribution in [0.15, 0.2) is 65.2 Å². The Morgan fingerprint density at radius 2 is 1.84 bits per heavy atom. The van der Waals surface area contributed by atoms with Crippen molar-refractivity contribution in [3.8, 4) is 34.0 Å². The zero-order chi connectivity index (χ0) is 26.6. The van der Waals surface area contributed by atoms with Gasteiger partial charge in [0.2, 0.25) is 11.7 Å².